The predicted molar refractivity (Wildman–Crippen MR) is 106 cm³/mol. The number of carbonyl (C=O) groups excluding carboxylic acids is 1. The van der Waals surface area contributed by atoms with Crippen molar-refractivity contribution in [2.24, 2.45) is 0 Å². The second-order valence-electron chi connectivity index (χ2n) is 6.79. The molecule has 2 heterocycles. The molecular weight excluding hydrogens is 320 g/mol. The van der Waals surface area contributed by atoms with Gasteiger partial charge in [-0.25, -0.2) is 4.98 Å². The lowest BCUT2D eigenvalue weighted by atomic mass is 9.98. The van der Waals surface area contributed by atoms with Gasteiger partial charge in [0.2, 0.25) is 5.91 Å². The van der Waals surface area contributed by atoms with E-state index in [0.29, 0.717) is 0 Å². The van der Waals surface area contributed by atoms with E-state index in [9.17, 15) is 4.79 Å². The highest BCUT2D eigenvalue weighted by Crippen LogP contribution is 2.36. The van der Waals surface area contributed by atoms with E-state index in [0.717, 1.165) is 40.8 Å². The van der Waals surface area contributed by atoms with E-state index in [-0.39, 0.29) is 5.91 Å². The highest BCUT2D eigenvalue weighted by atomic mass is 16.2. The fourth-order valence-corrected chi connectivity index (χ4v) is 4.00. The van der Waals surface area contributed by atoms with Gasteiger partial charge in [0.25, 0.3) is 0 Å². The van der Waals surface area contributed by atoms with Crippen molar-refractivity contribution in [2.45, 2.75) is 13.3 Å². The summed E-state index contributed by atoms with van der Waals surface area (Å²) < 4.78 is 0. The van der Waals surface area contributed by atoms with Crippen molar-refractivity contribution in [3.8, 4) is 11.3 Å². The minimum atomic E-state index is 0.103. The van der Waals surface area contributed by atoms with Gasteiger partial charge in [0.05, 0.1) is 11.2 Å². The third-order valence-corrected chi connectivity index (χ3v) is 5.24. The van der Waals surface area contributed by atoms with Crippen molar-refractivity contribution >= 4 is 33.3 Å². The quantitative estimate of drug-likeness (QED) is 0.459. The predicted octanol–water partition coefficient (Wildman–Crippen LogP) is 4.96. The number of benzene rings is 3. The van der Waals surface area contributed by atoms with E-state index in [1.807, 2.05) is 11.0 Å². The van der Waals surface area contributed by atoms with Crippen molar-refractivity contribution < 1.29 is 4.79 Å². The largest absolute Gasteiger partial charge is 0.312 e. The number of pyridine rings is 1. The number of rotatable bonds is 1. The van der Waals surface area contributed by atoms with Gasteiger partial charge in [-0.1, -0.05) is 48.5 Å². The Kier molecular flexibility index (Phi) is 3.29. The molecule has 0 unspecified atom stereocenters. The summed E-state index contributed by atoms with van der Waals surface area (Å²) in [7, 11) is 0. The van der Waals surface area contributed by atoms with Crippen LogP contribution in [0.5, 0.6) is 0 Å². The lowest BCUT2D eigenvalue weighted by molar-refractivity contribution is -0.116. The summed E-state index contributed by atoms with van der Waals surface area (Å²) in [4.78, 5) is 18.6. The standard InChI is InChI=1S/C23H18N2O/c1-15(26)25-13-12-16-14-17(10-11-22(16)25)23-20-8-3-2-6-18(20)19-7-4-5-9-21(19)24-23/h2-11,14H,12-13H2,1H3. The number of anilines is 1. The topological polar surface area (TPSA) is 33.2 Å². The first-order valence-corrected chi connectivity index (χ1v) is 8.91. The van der Waals surface area contributed by atoms with Crippen molar-refractivity contribution in [2.75, 3.05) is 11.4 Å². The van der Waals surface area contributed by atoms with Crippen LogP contribution in [0.1, 0.15) is 12.5 Å². The number of para-hydroxylation sites is 1. The average molecular weight is 338 g/mol. The van der Waals surface area contributed by atoms with Crippen LogP contribution in [0.15, 0.2) is 66.7 Å². The number of nitrogens with zero attached hydrogens (tertiary/aromatic N) is 2. The number of hydrogen-bond donors (Lipinski definition) is 0. The molecule has 1 aliphatic heterocycles. The van der Waals surface area contributed by atoms with Crippen LogP contribution >= 0.6 is 0 Å². The summed E-state index contributed by atoms with van der Waals surface area (Å²) in [5.74, 6) is 0.103. The van der Waals surface area contributed by atoms with E-state index >= 15 is 0 Å². The number of hydrogen-bond acceptors (Lipinski definition) is 2. The molecule has 26 heavy (non-hydrogen) atoms. The van der Waals surface area contributed by atoms with Crippen molar-refractivity contribution in [1.29, 1.82) is 0 Å². The van der Waals surface area contributed by atoms with E-state index in [2.05, 4.69) is 60.7 Å². The first-order valence-electron chi connectivity index (χ1n) is 8.91. The number of fused-ring (bicyclic) bond motifs is 4. The van der Waals surface area contributed by atoms with Gasteiger partial charge in [-0.3, -0.25) is 4.79 Å². The van der Waals surface area contributed by atoms with Crippen LogP contribution in [0, 0.1) is 0 Å². The highest BCUT2D eigenvalue weighted by molar-refractivity contribution is 6.11. The summed E-state index contributed by atoms with van der Waals surface area (Å²) in [5.41, 5.74) is 5.37. The van der Waals surface area contributed by atoms with Gasteiger partial charge in [-0.15, -0.1) is 0 Å². The Bertz CT molecular complexity index is 1180. The molecule has 0 radical (unpaired) electrons. The smallest absolute Gasteiger partial charge is 0.223 e. The Morgan fingerprint density at radius 3 is 2.46 bits per heavy atom. The van der Waals surface area contributed by atoms with Crippen molar-refractivity contribution in [1.82, 2.24) is 4.98 Å². The number of carbonyl (C=O) groups is 1. The van der Waals surface area contributed by atoms with Gasteiger partial charge in [-0.05, 0) is 35.6 Å². The molecular formula is C23H18N2O. The molecule has 4 aromatic rings. The Morgan fingerprint density at radius 2 is 1.65 bits per heavy atom. The molecule has 1 aromatic heterocycles. The molecule has 3 nitrogen and oxygen atoms in total. The average Bonchev–Trinajstić information content (AvgIpc) is 3.11. The molecule has 3 heteroatoms. The SMILES string of the molecule is CC(=O)N1CCc2cc(-c3nc4ccccc4c4ccccc34)ccc21. The van der Waals surface area contributed by atoms with Gasteiger partial charge in [0, 0.05) is 35.5 Å². The van der Waals surface area contributed by atoms with Crippen LogP contribution in [0.3, 0.4) is 0 Å². The van der Waals surface area contributed by atoms with Crippen LogP contribution in [0.4, 0.5) is 5.69 Å². The van der Waals surface area contributed by atoms with Gasteiger partial charge < -0.3 is 4.90 Å². The van der Waals surface area contributed by atoms with E-state index in [1.54, 1.807) is 6.92 Å². The molecule has 5 rings (SSSR count). The Labute approximate surface area is 151 Å². The Morgan fingerprint density at radius 1 is 0.923 bits per heavy atom. The molecule has 0 fully saturated rings. The fraction of sp³-hybridized carbons (Fsp3) is 0.130. The first-order chi connectivity index (χ1) is 12.7. The summed E-state index contributed by atoms with van der Waals surface area (Å²) in [6.45, 7) is 2.39. The van der Waals surface area contributed by atoms with Crippen molar-refractivity contribution in [3.05, 3.63) is 72.3 Å². The van der Waals surface area contributed by atoms with Gasteiger partial charge >= 0.3 is 0 Å². The monoisotopic (exact) mass is 338 g/mol. The van der Waals surface area contributed by atoms with Gasteiger partial charge in [0.15, 0.2) is 0 Å². The molecule has 3 aromatic carbocycles. The summed E-state index contributed by atoms with van der Waals surface area (Å²) in [6, 6.07) is 23.1. The maximum absolute atomic E-state index is 11.8. The van der Waals surface area contributed by atoms with E-state index < -0.39 is 0 Å². The molecule has 0 atom stereocenters. The second-order valence-corrected chi connectivity index (χ2v) is 6.79. The zero-order valence-electron chi connectivity index (χ0n) is 14.6. The molecule has 1 aliphatic rings. The lowest BCUT2D eigenvalue weighted by Crippen LogP contribution is -2.25. The first kappa shape index (κ1) is 15.1. The molecule has 0 aliphatic carbocycles. The maximum Gasteiger partial charge on any atom is 0.223 e. The minimum Gasteiger partial charge on any atom is -0.312 e. The summed E-state index contributed by atoms with van der Waals surface area (Å²) in [5, 5.41) is 3.56. The van der Waals surface area contributed by atoms with Crippen LogP contribution in [-0.2, 0) is 11.2 Å². The molecule has 0 saturated heterocycles. The summed E-state index contributed by atoms with van der Waals surface area (Å²) in [6.07, 6.45) is 0.897. The van der Waals surface area contributed by atoms with Crippen LogP contribution in [-0.4, -0.2) is 17.4 Å². The van der Waals surface area contributed by atoms with Gasteiger partial charge in [0.1, 0.15) is 0 Å². The lowest BCUT2D eigenvalue weighted by Gasteiger charge is -2.15. The molecule has 0 N–H and O–H groups in total. The zero-order chi connectivity index (χ0) is 17.7. The van der Waals surface area contributed by atoms with Crippen LogP contribution < -0.4 is 4.90 Å². The van der Waals surface area contributed by atoms with E-state index in [4.69, 9.17) is 4.98 Å². The maximum atomic E-state index is 11.8. The van der Waals surface area contributed by atoms with Crippen LogP contribution in [0.2, 0.25) is 0 Å². The third-order valence-electron chi connectivity index (χ3n) is 5.24. The number of amides is 1. The summed E-state index contributed by atoms with van der Waals surface area (Å²) >= 11 is 0. The highest BCUT2D eigenvalue weighted by Gasteiger charge is 2.23. The van der Waals surface area contributed by atoms with Gasteiger partial charge in [-0.2, -0.15) is 0 Å². The third kappa shape index (κ3) is 2.21. The normalized spacial score (nSPS) is 13.3. The molecule has 0 spiro atoms. The van der Waals surface area contributed by atoms with E-state index in [1.165, 1.54) is 16.3 Å². The Balaban J connectivity index is 1.76. The Hall–Kier alpha value is -3.20. The molecule has 0 bridgehead atoms. The molecule has 1 amide bonds. The molecule has 126 valence electrons. The second kappa shape index (κ2) is 5.67. The molecule has 0 saturated carbocycles. The van der Waals surface area contributed by atoms with Crippen LogP contribution in [0.25, 0.3) is 32.9 Å². The number of aromatic nitrogens is 1. The fourth-order valence-electron chi connectivity index (χ4n) is 4.00. The minimum absolute atomic E-state index is 0.103. The zero-order valence-corrected chi connectivity index (χ0v) is 14.6. The van der Waals surface area contributed by atoms with Crippen molar-refractivity contribution in [3.63, 3.8) is 0 Å².